The monoisotopic (exact) mass is 866 g/mol. The van der Waals surface area contributed by atoms with E-state index in [0.29, 0.717) is 77.2 Å². The molecular weight excluding hydrogens is 789 g/mol. The molecule has 0 spiro atoms. The molecule has 5 atom stereocenters. The van der Waals surface area contributed by atoms with Crippen molar-refractivity contribution < 1.29 is 39.8 Å². The Labute approximate surface area is 337 Å². The van der Waals surface area contributed by atoms with Gasteiger partial charge >= 0.3 is 26.4 Å². The van der Waals surface area contributed by atoms with Crippen molar-refractivity contribution in [2.45, 2.75) is 132 Å². The van der Waals surface area contributed by atoms with Gasteiger partial charge in [0.2, 0.25) is 0 Å². The second-order valence-corrected chi connectivity index (χ2v) is 27.6. The highest BCUT2D eigenvalue weighted by molar-refractivity contribution is 8.29. The van der Waals surface area contributed by atoms with Crippen LogP contribution in [0.1, 0.15) is 114 Å². The molecule has 0 bridgehead atoms. The Morgan fingerprint density at radius 3 is 1.10 bits per heavy atom. The van der Waals surface area contributed by atoms with Gasteiger partial charge in [-0.3, -0.25) is 0 Å². The first-order valence-electron chi connectivity index (χ1n) is 20.5. The summed E-state index contributed by atoms with van der Waals surface area (Å²) in [5.41, 5.74) is 0. The number of hydrogen-bond donors (Lipinski definition) is 0. The lowest BCUT2D eigenvalue weighted by molar-refractivity contribution is 0.0671. The molecule has 0 aromatic carbocycles. The molecule has 52 heavy (non-hydrogen) atoms. The third-order valence-electron chi connectivity index (χ3n) is 9.53. The second kappa shape index (κ2) is 30.5. The highest BCUT2D eigenvalue weighted by atomic mass is 32.8. The maximum Gasteiger partial charge on any atom is 0.500 e. The Balaban J connectivity index is 2.92. The molecule has 1 fully saturated rings. The molecule has 0 aliphatic heterocycles. The standard InChI is InChI=1S/C36H78O9S4Si3/c1-10-37-50(38-11-2,39-12-3)30-19-26-48(46)28-23-35-22-21-34(25-32-52(43-16-7,44-17-8)45-18-9)33-36(35)24-29-49(47)27-20-31-51(40-13-4,41-14-5)42-15-6/h34-36H,10-33H2,1-9H3. The normalized spacial score (nSPS) is 20.0. The molecule has 9 nitrogen and oxygen atoms in total. The van der Waals surface area contributed by atoms with Gasteiger partial charge in [-0.05, 0) is 148 Å². The van der Waals surface area contributed by atoms with Gasteiger partial charge in [-0.1, -0.05) is 28.8 Å². The molecule has 312 valence electrons. The van der Waals surface area contributed by atoms with Crippen molar-refractivity contribution in [3.05, 3.63) is 0 Å². The van der Waals surface area contributed by atoms with E-state index in [1.165, 1.54) is 32.1 Å². The first kappa shape index (κ1) is 51.4. The fraction of sp³-hybridized carbons (Fsp3) is 1.00. The molecule has 1 aliphatic carbocycles. The first-order chi connectivity index (χ1) is 25.1. The van der Waals surface area contributed by atoms with Gasteiger partial charge in [-0.2, -0.15) is 0 Å². The Bertz CT molecular complexity index is 892. The molecule has 1 rings (SSSR count). The summed E-state index contributed by atoms with van der Waals surface area (Å²) in [6.07, 6.45) is 9.26. The van der Waals surface area contributed by atoms with Gasteiger partial charge in [0.15, 0.2) is 0 Å². The molecule has 16 heteroatoms. The van der Waals surface area contributed by atoms with Crippen LogP contribution in [0.15, 0.2) is 0 Å². The molecule has 0 radical (unpaired) electrons. The van der Waals surface area contributed by atoms with E-state index in [0.717, 1.165) is 60.4 Å². The predicted molar refractivity (Wildman–Crippen MR) is 233 cm³/mol. The maximum atomic E-state index is 6.22. The Hall–Kier alpha value is 1.43. The molecule has 1 saturated carbocycles. The zero-order valence-electron chi connectivity index (χ0n) is 34.5. The highest BCUT2D eigenvalue weighted by Gasteiger charge is 2.43. The Morgan fingerprint density at radius 1 is 0.423 bits per heavy atom. The summed E-state index contributed by atoms with van der Waals surface area (Å²) in [6, 6.07) is 2.58. The smallest absolute Gasteiger partial charge is 0.374 e. The van der Waals surface area contributed by atoms with E-state index in [9.17, 15) is 0 Å². The van der Waals surface area contributed by atoms with Gasteiger partial charge in [0.25, 0.3) is 0 Å². The van der Waals surface area contributed by atoms with Crippen LogP contribution in [0.3, 0.4) is 0 Å². The van der Waals surface area contributed by atoms with Gasteiger partial charge in [0.1, 0.15) is 0 Å². The third-order valence-corrected chi connectivity index (χ3v) is 23.8. The summed E-state index contributed by atoms with van der Waals surface area (Å²) in [7, 11) is -8.03. The van der Waals surface area contributed by atoms with Crippen molar-refractivity contribution in [2.24, 2.45) is 17.8 Å². The molecule has 0 N–H and O–H groups in total. The van der Waals surface area contributed by atoms with Crippen molar-refractivity contribution in [3.8, 4) is 0 Å². The van der Waals surface area contributed by atoms with E-state index in [4.69, 9.17) is 62.2 Å². The van der Waals surface area contributed by atoms with E-state index in [1.54, 1.807) is 0 Å². The fourth-order valence-corrected chi connectivity index (χ4v) is 19.7. The van der Waals surface area contributed by atoms with Crippen molar-refractivity contribution >= 4 is 67.7 Å². The third kappa shape index (κ3) is 20.2. The lowest BCUT2D eigenvalue weighted by Gasteiger charge is -2.38. The van der Waals surface area contributed by atoms with Crippen LogP contribution < -0.4 is 0 Å². The quantitative estimate of drug-likeness (QED) is 0.0578. The minimum atomic E-state index is -2.66. The van der Waals surface area contributed by atoms with Crippen LogP contribution in [0, 0.1) is 17.8 Å². The van der Waals surface area contributed by atoms with E-state index in [-0.39, 0.29) is 18.9 Å². The summed E-state index contributed by atoms with van der Waals surface area (Å²) in [5, 5.41) is 0. The van der Waals surface area contributed by atoms with Crippen molar-refractivity contribution in [3.63, 3.8) is 0 Å². The largest absolute Gasteiger partial charge is 0.500 e. The topological polar surface area (TPSA) is 83.1 Å². The lowest BCUT2D eigenvalue weighted by Crippen LogP contribution is -2.46. The van der Waals surface area contributed by atoms with Gasteiger partial charge in [-0.25, -0.2) is 0 Å². The molecule has 5 unspecified atom stereocenters. The molecule has 1 aliphatic rings. The van der Waals surface area contributed by atoms with Crippen molar-refractivity contribution in [1.29, 1.82) is 0 Å². The summed E-state index contributed by atoms with van der Waals surface area (Å²) >= 11 is 12.2. The van der Waals surface area contributed by atoms with Gasteiger partial charge < -0.3 is 39.8 Å². The molecular formula is C36H78O9S4Si3. The zero-order valence-corrected chi connectivity index (χ0v) is 40.8. The summed E-state index contributed by atoms with van der Waals surface area (Å²) in [6.45, 7) is 23.8. The Kier molecular flexibility index (Phi) is 30.2. The SMILES string of the molecule is CCO[Si](CCCS(=S)CCC1CCC(CC[Si](OCC)(OCC)OCC)CC1CCS(=S)CCC[Si](OCC)(OCC)OCC)(OCC)OCC. The summed E-state index contributed by atoms with van der Waals surface area (Å²) in [5.74, 6) is 6.30. The van der Waals surface area contributed by atoms with Crippen LogP contribution in [0.25, 0.3) is 0 Å². The summed E-state index contributed by atoms with van der Waals surface area (Å²) < 4.78 is 55.2. The summed E-state index contributed by atoms with van der Waals surface area (Å²) in [4.78, 5) is 0. The van der Waals surface area contributed by atoms with E-state index >= 15 is 0 Å². The van der Waals surface area contributed by atoms with Gasteiger partial charge in [-0.15, -0.1) is 18.9 Å². The van der Waals surface area contributed by atoms with Crippen LogP contribution in [-0.4, -0.2) is 109 Å². The average molecular weight is 868 g/mol. The average Bonchev–Trinajstić information content (AvgIpc) is 3.10. The Morgan fingerprint density at radius 2 is 0.750 bits per heavy atom. The molecule has 0 aromatic rings. The van der Waals surface area contributed by atoms with Crippen LogP contribution >= 0.6 is 0 Å². The molecule has 0 saturated heterocycles. The predicted octanol–water partition coefficient (Wildman–Crippen LogP) is 8.28. The minimum Gasteiger partial charge on any atom is -0.374 e. The first-order valence-corrected chi connectivity index (χ1v) is 31.3. The van der Waals surface area contributed by atoms with Crippen LogP contribution in [0.4, 0.5) is 0 Å². The maximum absolute atomic E-state index is 6.22. The zero-order chi connectivity index (χ0) is 38.7. The van der Waals surface area contributed by atoms with Crippen LogP contribution in [0.5, 0.6) is 0 Å². The van der Waals surface area contributed by atoms with E-state index in [1.807, 2.05) is 62.3 Å². The van der Waals surface area contributed by atoms with E-state index < -0.39 is 26.4 Å². The number of hydrogen-bond acceptors (Lipinski definition) is 11. The number of rotatable bonds is 35. The van der Waals surface area contributed by atoms with Crippen molar-refractivity contribution in [1.82, 2.24) is 0 Å². The second-order valence-electron chi connectivity index (χ2n) is 13.2. The van der Waals surface area contributed by atoms with Crippen LogP contribution in [-0.2, 0) is 81.1 Å². The minimum absolute atomic E-state index is 0.0513. The molecule has 0 heterocycles. The highest BCUT2D eigenvalue weighted by Crippen LogP contribution is 2.41. The van der Waals surface area contributed by atoms with Gasteiger partial charge in [0, 0.05) is 77.6 Å². The van der Waals surface area contributed by atoms with Crippen molar-refractivity contribution in [2.75, 3.05) is 82.5 Å². The van der Waals surface area contributed by atoms with Gasteiger partial charge in [0.05, 0.1) is 0 Å². The fourth-order valence-electron chi connectivity index (χ4n) is 7.47. The molecule has 0 aromatic heterocycles. The molecule has 0 amide bonds. The lowest BCUT2D eigenvalue weighted by atomic mass is 9.71. The van der Waals surface area contributed by atoms with Crippen LogP contribution in [0.2, 0.25) is 18.1 Å². The van der Waals surface area contributed by atoms with E-state index in [2.05, 4.69) is 0 Å².